The van der Waals surface area contributed by atoms with E-state index in [-0.39, 0.29) is 28.7 Å². The molecule has 0 bridgehead atoms. The van der Waals surface area contributed by atoms with Crippen LogP contribution >= 0.6 is 0 Å². The number of methoxy groups -OCH3 is 1. The molecule has 1 aromatic carbocycles. The molecule has 1 N–H and O–H groups in total. The number of carbonyl (C=O) groups excluding carboxylic acids is 1. The van der Waals surface area contributed by atoms with Gasteiger partial charge >= 0.3 is 0 Å². The number of nitro benzene ring substituents is 1. The molecule has 1 heterocycles. The maximum atomic E-state index is 12.5. The number of nitriles is 1. The number of benzene rings is 1. The maximum Gasteiger partial charge on any atom is 0.273 e. The van der Waals surface area contributed by atoms with Crippen LogP contribution in [0.4, 0.5) is 11.4 Å². The van der Waals surface area contributed by atoms with Crippen molar-refractivity contribution in [1.29, 1.82) is 5.26 Å². The molecule has 1 fully saturated rings. The van der Waals surface area contributed by atoms with E-state index in [1.165, 1.54) is 25.3 Å². The van der Waals surface area contributed by atoms with Crippen molar-refractivity contribution in [2.75, 3.05) is 39.6 Å². The first-order valence-electron chi connectivity index (χ1n) is 8.52. The first-order chi connectivity index (χ1) is 12.8. The van der Waals surface area contributed by atoms with Crippen LogP contribution in [0.2, 0.25) is 0 Å². The van der Waals surface area contributed by atoms with Crippen molar-refractivity contribution in [2.24, 2.45) is 0 Å². The van der Waals surface area contributed by atoms with Crippen molar-refractivity contribution in [3.8, 4) is 11.8 Å². The number of nitrogens with zero attached hydrogens (tertiary/aromatic N) is 4. The summed E-state index contributed by atoms with van der Waals surface area (Å²) in [5.74, 6) is -0.442. The van der Waals surface area contributed by atoms with E-state index in [2.05, 4.69) is 17.3 Å². The molecular formula is C18H23N5O4. The average Bonchev–Trinajstić information content (AvgIpc) is 2.66. The summed E-state index contributed by atoms with van der Waals surface area (Å²) in [6.07, 6.45) is 3.46. The zero-order chi connectivity index (χ0) is 20.0. The van der Waals surface area contributed by atoms with E-state index >= 15 is 0 Å². The molecule has 0 aromatic heterocycles. The number of nitrogens with one attached hydrogen (secondary N) is 1. The lowest BCUT2D eigenvalue weighted by molar-refractivity contribution is -0.384. The van der Waals surface area contributed by atoms with Gasteiger partial charge in [-0.3, -0.25) is 14.9 Å². The van der Waals surface area contributed by atoms with Gasteiger partial charge in [-0.15, -0.1) is 0 Å². The van der Waals surface area contributed by atoms with Gasteiger partial charge in [-0.2, -0.15) is 5.26 Å². The quantitative estimate of drug-likeness (QED) is 0.351. The summed E-state index contributed by atoms with van der Waals surface area (Å²) in [4.78, 5) is 26.9. The third-order valence-corrected chi connectivity index (χ3v) is 4.61. The lowest BCUT2D eigenvalue weighted by Crippen LogP contribution is -2.40. The minimum atomic E-state index is -0.593. The Kier molecular flexibility index (Phi) is 6.73. The number of ether oxygens (including phenoxy) is 1. The highest BCUT2D eigenvalue weighted by atomic mass is 16.6. The summed E-state index contributed by atoms with van der Waals surface area (Å²) < 4.78 is 5.10. The molecule has 0 saturated carbocycles. The lowest BCUT2D eigenvalue weighted by Gasteiger charge is -2.34. The van der Waals surface area contributed by atoms with Crippen LogP contribution in [0.3, 0.4) is 0 Å². The molecule has 0 atom stereocenters. The number of carbonyl (C=O) groups is 1. The second-order valence-corrected chi connectivity index (χ2v) is 6.45. The smallest absolute Gasteiger partial charge is 0.273 e. The third-order valence-electron chi connectivity index (χ3n) is 4.61. The molecule has 0 aliphatic carbocycles. The maximum absolute atomic E-state index is 12.5. The van der Waals surface area contributed by atoms with Crippen LogP contribution in [0.1, 0.15) is 12.8 Å². The number of hydrogen-bond donors (Lipinski definition) is 1. The van der Waals surface area contributed by atoms with Crippen molar-refractivity contribution in [3.63, 3.8) is 0 Å². The predicted molar refractivity (Wildman–Crippen MR) is 100 cm³/mol. The Balaban J connectivity index is 2.13. The van der Waals surface area contributed by atoms with Crippen LogP contribution in [0.5, 0.6) is 5.75 Å². The van der Waals surface area contributed by atoms with E-state index in [1.807, 2.05) is 18.0 Å². The van der Waals surface area contributed by atoms with Gasteiger partial charge in [-0.1, -0.05) is 0 Å². The van der Waals surface area contributed by atoms with Crippen LogP contribution in [-0.2, 0) is 4.79 Å². The van der Waals surface area contributed by atoms with Crippen LogP contribution < -0.4 is 10.1 Å². The van der Waals surface area contributed by atoms with Crippen molar-refractivity contribution < 1.29 is 14.5 Å². The number of hydrogen-bond acceptors (Lipinski definition) is 7. The minimum absolute atomic E-state index is 0.0446. The highest BCUT2D eigenvalue weighted by Gasteiger charge is 2.21. The van der Waals surface area contributed by atoms with Gasteiger partial charge in [0, 0.05) is 25.4 Å². The van der Waals surface area contributed by atoms with Crippen molar-refractivity contribution >= 4 is 17.3 Å². The Bertz CT molecular complexity index is 778. The van der Waals surface area contributed by atoms with Crippen molar-refractivity contribution in [3.05, 3.63) is 40.1 Å². The van der Waals surface area contributed by atoms with E-state index < -0.39 is 10.8 Å². The Morgan fingerprint density at radius 3 is 2.70 bits per heavy atom. The molecular weight excluding hydrogens is 350 g/mol. The van der Waals surface area contributed by atoms with Gasteiger partial charge in [0.25, 0.3) is 11.6 Å². The molecule has 0 unspecified atom stereocenters. The Labute approximate surface area is 158 Å². The number of likely N-dealkylation sites (tertiary alicyclic amines) is 1. The predicted octanol–water partition coefficient (Wildman–Crippen LogP) is 1.98. The number of piperidine rings is 1. The van der Waals surface area contributed by atoms with Gasteiger partial charge in [-0.25, -0.2) is 0 Å². The Morgan fingerprint density at radius 2 is 2.15 bits per heavy atom. The van der Waals surface area contributed by atoms with E-state index in [1.54, 1.807) is 6.20 Å². The van der Waals surface area contributed by atoms with Crippen LogP contribution in [0.25, 0.3) is 0 Å². The largest absolute Gasteiger partial charge is 0.494 e. The molecule has 1 aliphatic heterocycles. The minimum Gasteiger partial charge on any atom is -0.494 e. The highest BCUT2D eigenvalue weighted by molar-refractivity contribution is 6.07. The monoisotopic (exact) mass is 373 g/mol. The van der Waals surface area contributed by atoms with Gasteiger partial charge in [0.1, 0.15) is 17.4 Å². The highest BCUT2D eigenvalue weighted by Crippen LogP contribution is 2.29. The molecule has 1 aromatic rings. The molecule has 1 saturated heterocycles. The van der Waals surface area contributed by atoms with E-state index in [0.717, 1.165) is 25.9 Å². The molecule has 0 spiro atoms. The zero-order valence-corrected chi connectivity index (χ0v) is 15.6. The number of non-ortho nitro benzene ring substituents is 1. The fourth-order valence-electron chi connectivity index (χ4n) is 2.94. The first-order valence-corrected chi connectivity index (χ1v) is 8.52. The van der Waals surface area contributed by atoms with Crippen LogP contribution in [0.15, 0.2) is 30.0 Å². The van der Waals surface area contributed by atoms with Crippen molar-refractivity contribution in [2.45, 2.75) is 18.9 Å². The van der Waals surface area contributed by atoms with Gasteiger partial charge in [0.2, 0.25) is 0 Å². The second kappa shape index (κ2) is 9.00. The topological polar surface area (TPSA) is 112 Å². The molecule has 1 aliphatic rings. The number of amides is 1. The Hall–Kier alpha value is -3.12. The van der Waals surface area contributed by atoms with Crippen molar-refractivity contribution in [1.82, 2.24) is 9.80 Å². The fourth-order valence-corrected chi connectivity index (χ4v) is 2.94. The standard InChI is InChI=1S/C18H23N5O4/c1-21-8-6-14(7-9-21)22(2)12-13(11-19)18(24)20-16-5-4-15(23(25)26)10-17(16)27-3/h4-5,10,12,14H,6-9H2,1-3H3,(H,20,24)/b13-12-. The number of rotatable bonds is 6. The average molecular weight is 373 g/mol. The molecule has 27 heavy (non-hydrogen) atoms. The fraction of sp³-hybridized carbons (Fsp3) is 0.444. The second-order valence-electron chi connectivity index (χ2n) is 6.45. The van der Waals surface area contributed by atoms with E-state index in [9.17, 15) is 20.2 Å². The molecule has 9 heteroatoms. The molecule has 2 rings (SSSR count). The summed E-state index contributed by atoms with van der Waals surface area (Å²) in [5.41, 5.74) is 0.0657. The summed E-state index contributed by atoms with van der Waals surface area (Å²) in [7, 11) is 5.27. The van der Waals surface area contributed by atoms with Gasteiger partial charge in [0.15, 0.2) is 0 Å². The van der Waals surface area contributed by atoms with Gasteiger partial charge in [-0.05, 0) is 39.0 Å². The molecule has 144 valence electrons. The number of anilines is 1. The normalized spacial score (nSPS) is 15.7. The van der Waals surface area contributed by atoms with Crippen LogP contribution in [-0.4, -0.2) is 61.0 Å². The van der Waals surface area contributed by atoms with E-state index in [0.29, 0.717) is 0 Å². The van der Waals surface area contributed by atoms with E-state index in [4.69, 9.17) is 4.74 Å². The molecule has 1 amide bonds. The lowest BCUT2D eigenvalue weighted by atomic mass is 10.0. The van der Waals surface area contributed by atoms with Gasteiger partial charge in [0.05, 0.1) is 23.8 Å². The summed E-state index contributed by atoms with van der Waals surface area (Å²) >= 11 is 0. The number of nitro groups is 1. The van der Waals surface area contributed by atoms with Crippen LogP contribution in [0, 0.1) is 21.4 Å². The first kappa shape index (κ1) is 20.2. The summed E-state index contributed by atoms with van der Waals surface area (Å²) in [5, 5.41) is 22.8. The van der Waals surface area contributed by atoms with Gasteiger partial charge < -0.3 is 19.9 Å². The Morgan fingerprint density at radius 1 is 1.48 bits per heavy atom. The SMILES string of the molecule is COc1cc([N+](=O)[O-])ccc1NC(=O)/C(C#N)=C\N(C)C1CCN(C)CC1. The summed E-state index contributed by atoms with van der Waals surface area (Å²) in [6.45, 7) is 1.94. The molecule has 9 nitrogen and oxygen atoms in total. The molecule has 0 radical (unpaired) electrons. The zero-order valence-electron chi connectivity index (χ0n) is 15.6. The third kappa shape index (κ3) is 5.18. The summed E-state index contributed by atoms with van der Waals surface area (Å²) in [6, 6.07) is 6.05.